The normalized spacial score (nSPS) is 32.5. The molecule has 2 saturated heterocycles. The average Bonchev–Trinajstić information content (AvgIpc) is 2.27. The molecular weight excluding hydrogens is 180 g/mol. The van der Waals surface area contributed by atoms with Crippen LogP contribution in [0.2, 0.25) is 0 Å². The predicted octanol–water partition coefficient (Wildman–Crippen LogP) is 1.16. The van der Waals surface area contributed by atoms with Crippen LogP contribution in [0.25, 0.3) is 0 Å². The molecule has 2 aliphatic rings. The van der Waals surface area contributed by atoms with E-state index in [1.807, 2.05) is 0 Å². The van der Waals surface area contributed by atoms with Crippen LogP contribution in [0.4, 0.5) is 0 Å². The van der Waals surface area contributed by atoms with E-state index in [9.17, 15) is 0 Å². The van der Waals surface area contributed by atoms with Gasteiger partial charge in [0.05, 0.1) is 0 Å². The third-order valence-corrected chi connectivity index (χ3v) is 4.59. The number of nitrogens with two attached hydrogens (primary N) is 1. The van der Waals surface area contributed by atoms with Crippen LogP contribution in [0.15, 0.2) is 0 Å². The van der Waals surface area contributed by atoms with Crippen molar-refractivity contribution in [3.63, 3.8) is 0 Å². The molecule has 0 aromatic heterocycles. The second-order valence-electron chi connectivity index (χ2n) is 4.26. The lowest BCUT2D eigenvalue weighted by atomic mass is 10.0. The summed E-state index contributed by atoms with van der Waals surface area (Å²) in [5.74, 6) is 3.54. The summed E-state index contributed by atoms with van der Waals surface area (Å²) in [6, 6.07) is 0.904. The highest BCUT2D eigenvalue weighted by atomic mass is 32.2. The fourth-order valence-corrected chi connectivity index (χ4v) is 3.09. The van der Waals surface area contributed by atoms with Gasteiger partial charge in [-0.25, -0.2) is 0 Å². The zero-order valence-corrected chi connectivity index (χ0v) is 9.06. The lowest BCUT2D eigenvalue weighted by Gasteiger charge is -2.36. The van der Waals surface area contributed by atoms with Crippen molar-refractivity contribution in [1.29, 1.82) is 0 Å². The Morgan fingerprint density at radius 1 is 1.23 bits per heavy atom. The van der Waals surface area contributed by atoms with Crippen LogP contribution >= 0.6 is 11.8 Å². The van der Waals surface area contributed by atoms with Crippen LogP contribution in [0, 0.1) is 5.92 Å². The monoisotopic (exact) mass is 200 g/mol. The minimum Gasteiger partial charge on any atom is -0.330 e. The summed E-state index contributed by atoms with van der Waals surface area (Å²) in [6.07, 6.45) is 4.05. The lowest BCUT2D eigenvalue weighted by molar-refractivity contribution is 0.226. The molecule has 1 atom stereocenters. The molecule has 0 saturated carbocycles. The van der Waals surface area contributed by atoms with Gasteiger partial charge in [-0.15, -0.1) is 0 Å². The lowest BCUT2D eigenvalue weighted by Crippen LogP contribution is -2.44. The van der Waals surface area contributed by atoms with Crippen molar-refractivity contribution in [2.75, 3.05) is 31.1 Å². The largest absolute Gasteiger partial charge is 0.330 e. The molecule has 1 unspecified atom stereocenters. The Morgan fingerprint density at radius 2 is 2.08 bits per heavy atom. The number of nitrogens with zero attached hydrogens (tertiary/aromatic N) is 1. The maximum absolute atomic E-state index is 5.72. The first kappa shape index (κ1) is 9.81. The molecule has 0 amide bonds. The highest BCUT2D eigenvalue weighted by Gasteiger charge is 2.27. The Kier molecular flexibility index (Phi) is 3.52. The van der Waals surface area contributed by atoms with E-state index in [-0.39, 0.29) is 0 Å². The van der Waals surface area contributed by atoms with Crippen molar-refractivity contribution in [3.8, 4) is 0 Å². The van der Waals surface area contributed by atoms with Gasteiger partial charge in [0.1, 0.15) is 0 Å². The van der Waals surface area contributed by atoms with Gasteiger partial charge in [0.2, 0.25) is 0 Å². The molecular formula is C10H20N2S. The number of thioether (sulfide) groups is 1. The summed E-state index contributed by atoms with van der Waals surface area (Å²) >= 11 is 2.09. The SMILES string of the molecule is NCC1CCCN(C2CSC2)CC1. The van der Waals surface area contributed by atoms with E-state index >= 15 is 0 Å². The van der Waals surface area contributed by atoms with E-state index < -0.39 is 0 Å². The molecule has 0 aromatic carbocycles. The Morgan fingerprint density at radius 3 is 2.69 bits per heavy atom. The summed E-state index contributed by atoms with van der Waals surface area (Å²) < 4.78 is 0. The van der Waals surface area contributed by atoms with Crippen molar-refractivity contribution < 1.29 is 0 Å². The number of hydrogen-bond donors (Lipinski definition) is 1. The molecule has 2 aliphatic heterocycles. The van der Waals surface area contributed by atoms with Crippen molar-refractivity contribution in [2.45, 2.75) is 25.3 Å². The summed E-state index contributed by atoms with van der Waals surface area (Å²) in [4.78, 5) is 2.69. The Bertz CT molecular complexity index is 159. The van der Waals surface area contributed by atoms with Gasteiger partial charge in [0, 0.05) is 17.5 Å². The Labute approximate surface area is 85.2 Å². The molecule has 3 heteroatoms. The minimum absolute atomic E-state index is 0.803. The van der Waals surface area contributed by atoms with Crippen molar-refractivity contribution in [2.24, 2.45) is 11.7 Å². The zero-order valence-electron chi connectivity index (χ0n) is 8.24. The molecule has 0 aliphatic carbocycles. The second kappa shape index (κ2) is 4.67. The van der Waals surface area contributed by atoms with Gasteiger partial charge in [0.15, 0.2) is 0 Å². The van der Waals surface area contributed by atoms with Crippen molar-refractivity contribution in [1.82, 2.24) is 4.90 Å². The molecule has 2 fully saturated rings. The number of likely N-dealkylation sites (tertiary alicyclic amines) is 1. The first-order chi connectivity index (χ1) is 6.40. The van der Waals surface area contributed by atoms with Gasteiger partial charge in [-0.05, 0) is 44.8 Å². The van der Waals surface area contributed by atoms with Gasteiger partial charge < -0.3 is 5.73 Å². The molecule has 13 heavy (non-hydrogen) atoms. The Balaban J connectivity index is 1.79. The summed E-state index contributed by atoms with van der Waals surface area (Å²) in [5.41, 5.74) is 5.72. The Hall–Kier alpha value is 0.270. The standard InChI is InChI=1S/C10H20N2S/c11-6-9-2-1-4-12(5-3-9)10-7-13-8-10/h9-10H,1-8,11H2. The zero-order chi connectivity index (χ0) is 9.10. The maximum atomic E-state index is 5.72. The van der Waals surface area contributed by atoms with E-state index in [0.29, 0.717) is 0 Å². The maximum Gasteiger partial charge on any atom is 0.0276 e. The van der Waals surface area contributed by atoms with Crippen LogP contribution in [0.5, 0.6) is 0 Å². The van der Waals surface area contributed by atoms with Crippen LogP contribution < -0.4 is 5.73 Å². The van der Waals surface area contributed by atoms with E-state index in [2.05, 4.69) is 16.7 Å². The van der Waals surface area contributed by atoms with Gasteiger partial charge in [-0.1, -0.05) is 0 Å². The third-order valence-electron chi connectivity index (χ3n) is 3.35. The molecule has 2 rings (SSSR count). The highest BCUT2D eigenvalue weighted by Crippen LogP contribution is 2.26. The van der Waals surface area contributed by atoms with Crippen LogP contribution in [0.1, 0.15) is 19.3 Å². The first-order valence-electron chi connectivity index (χ1n) is 5.42. The molecule has 0 aromatic rings. The van der Waals surface area contributed by atoms with Crippen molar-refractivity contribution >= 4 is 11.8 Å². The molecule has 2 nitrogen and oxygen atoms in total. The van der Waals surface area contributed by atoms with Gasteiger partial charge in [-0.3, -0.25) is 4.90 Å². The fraction of sp³-hybridized carbons (Fsp3) is 1.00. The summed E-state index contributed by atoms with van der Waals surface area (Å²) in [7, 11) is 0. The van der Waals surface area contributed by atoms with E-state index in [1.165, 1.54) is 43.9 Å². The smallest absolute Gasteiger partial charge is 0.0276 e. The molecule has 76 valence electrons. The van der Waals surface area contributed by atoms with Gasteiger partial charge >= 0.3 is 0 Å². The summed E-state index contributed by atoms with van der Waals surface area (Å²) in [6.45, 7) is 3.52. The van der Waals surface area contributed by atoms with Gasteiger partial charge in [0.25, 0.3) is 0 Å². The van der Waals surface area contributed by atoms with Crippen LogP contribution in [-0.4, -0.2) is 42.1 Å². The quantitative estimate of drug-likeness (QED) is 0.725. The topological polar surface area (TPSA) is 29.3 Å². The minimum atomic E-state index is 0.803. The molecule has 0 bridgehead atoms. The first-order valence-corrected chi connectivity index (χ1v) is 6.57. The molecule has 0 radical (unpaired) electrons. The molecule has 2 heterocycles. The second-order valence-corrected chi connectivity index (χ2v) is 5.33. The van der Waals surface area contributed by atoms with Crippen LogP contribution in [0.3, 0.4) is 0 Å². The van der Waals surface area contributed by atoms with E-state index in [1.54, 1.807) is 0 Å². The van der Waals surface area contributed by atoms with E-state index in [4.69, 9.17) is 5.73 Å². The van der Waals surface area contributed by atoms with Crippen LogP contribution in [-0.2, 0) is 0 Å². The fourth-order valence-electron chi connectivity index (χ4n) is 2.22. The highest BCUT2D eigenvalue weighted by molar-refractivity contribution is 8.00. The average molecular weight is 200 g/mol. The number of hydrogen-bond acceptors (Lipinski definition) is 3. The van der Waals surface area contributed by atoms with Crippen molar-refractivity contribution in [3.05, 3.63) is 0 Å². The number of rotatable bonds is 2. The van der Waals surface area contributed by atoms with E-state index in [0.717, 1.165) is 18.5 Å². The summed E-state index contributed by atoms with van der Waals surface area (Å²) in [5, 5.41) is 0. The van der Waals surface area contributed by atoms with Gasteiger partial charge in [-0.2, -0.15) is 11.8 Å². The predicted molar refractivity (Wildman–Crippen MR) is 59.1 cm³/mol. The molecule has 0 spiro atoms. The molecule has 2 N–H and O–H groups in total. The third kappa shape index (κ3) is 2.39.